The van der Waals surface area contributed by atoms with E-state index in [4.69, 9.17) is 0 Å². The summed E-state index contributed by atoms with van der Waals surface area (Å²) in [5, 5.41) is 39.3. The molecule has 1 aromatic carbocycles. The first-order valence-electron chi connectivity index (χ1n) is 7.38. The zero-order valence-electron chi connectivity index (χ0n) is 12.1. The normalized spacial score (nSPS) is 27.6. The van der Waals surface area contributed by atoms with Gasteiger partial charge >= 0.3 is 0 Å². The molecule has 0 fully saturated rings. The average molecular weight is 304 g/mol. The van der Waals surface area contributed by atoms with Crippen LogP contribution in [-0.4, -0.2) is 48.8 Å². The predicted molar refractivity (Wildman–Crippen MR) is 79.2 cm³/mol. The molecular weight excluding hydrogens is 284 g/mol. The highest BCUT2D eigenvalue weighted by Gasteiger charge is 2.41. The van der Waals surface area contributed by atoms with E-state index < -0.39 is 24.4 Å². The minimum Gasteiger partial charge on any atom is -0.394 e. The minimum absolute atomic E-state index is 0.292. The number of benzene rings is 1. The summed E-state index contributed by atoms with van der Waals surface area (Å²) >= 11 is 0. The highest BCUT2D eigenvalue weighted by Crippen LogP contribution is 2.32. The average Bonchev–Trinajstić information content (AvgIpc) is 2.96. The number of aromatic nitrogens is 2. The lowest BCUT2D eigenvalue weighted by molar-refractivity contribution is -0.108. The fourth-order valence-electron chi connectivity index (χ4n) is 2.91. The second-order valence-corrected chi connectivity index (χ2v) is 5.66. The van der Waals surface area contributed by atoms with Gasteiger partial charge in [-0.2, -0.15) is 0 Å². The van der Waals surface area contributed by atoms with Crippen LogP contribution < -0.4 is 0 Å². The standard InChI is InChI=1S/C16H20N2O4/c19-9-12-13(20)14(21)15(22)16-17-11(8-18(12)16)7-6-10-4-2-1-3-5-10/h1-5,8,12-15,19-22H,6-7,9H2. The fourth-order valence-corrected chi connectivity index (χ4v) is 2.91. The lowest BCUT2D eigenvalue weighted by atomic mass is 9.96. The van der Waals surface area contributed by atoms with Gasteiger partial charge in [-0.1, -0.05) is 30.3 Å². The molecule has 22 heavy (non-hydrogen) atoms. The maximum atomic E-state index is 10.0. The van der Waals surface area contributed by atoms with Crippen LogP contribution in [0.3, 0.4) is 0 Å². The number of aryl methyl sites for hydroxylation is 2. The fraction of sp³-hybridized carbons (Fsp3) is 0.438. The van der Waals surface area contributed by atoms with Gasteiger partial charge in [0.2, 0.25) is 0 Å². The van der Waals surface area contributed by atoms with Crippen molar-refractivity contribution in [2.24, 2.45) is 0 Å². The Kier molecular flexibility index (Phi) is 4.26. The molecule has 0 spiro atoms. The molecule has 1 aromatic heterocycles. The van der Waals surface area contributed by atoms with Crippen LogP contribution in [0.4, 0.5) is 0 Å². The molecule has 4 atom stereocenters. The van der Waals surface area contributed by atoms with Crippen LogP contribution in [0.1, 0.15) is 29.2 Å². The SMILES string of the molecule is OCC1C(O)C(O)C(O)c2nc(CCc3ccccc3)cn21. The minimum atomic E-state index is -1.34. The van der Waals surface area contributed by atoms with E-state index in [-0.39, 0.29) is 6.61 Å². The van der Waals surface area contributed by atoms with Crippen molar-refractivity contribution in [3.63, 3.8) is 0 Å². The maximum absolute atomic E-state index is 10.0. The molecule has 0 bridgehead atoms. The molecule has 4 unspecified atom stereocenters. The molecule has 2 aromatic rings. The number of nitrogens with zero attached hydrogens (tertiary/aromatic N) is 2. The van der Waals surface area contributed by atoms with Crippen LogP contribution in [-0.2, 0) is 12.8 Å². The first-order valence-corrected chi connectivity index (χ1v) is 7.38. The molecule has 2 heterocycles. The Labute approximate surface area is 128 Å². The quantitative estimate of drug-likeness (QED) is 0.636. The smallest absolute Gasteiger partial charge is 0.141 e. The van der Waals surface area contributed by atoms with Crippen LogP contribution in [0.5, 0.6) is 0 Å². The second kappa shape index (κ2) is 6.18. The van der Waals surface area contributed by atoms with Crippen LogP contribution >= 0.6 is 0 Å². The number of rotatable bonds is 4. The van der Waals surface area contributed by atoms with E-state index in [0.29, 0.717) is 12.2 Å². The lowest BCUT2D eigenvalue weighted by Gasteiger charge is -2.35. The van der Waals surface area contributed by atoms with Gasteiger partial charge in [-0.25, -0.2) is 4.98 Å². The van der Waals surface area contributed by atoms with Crippen molar-refractivity contribution in [3.8, 4) is 0 Å². The Morgan fingerprint density at radius 1 is 1.00 bits per heavy atom. The molecule has 0 amide bonds. The van der Waals surface area contributed by atoms with E-state index in [0.717, 1.165) is 12.1 Å². The molecule has 4 N–H and O–H groups in total. The lowest BCUT2D eigenvalue weighted by Crippen LogP contribution is -2.46. The highest BCUT2D eigenvalue weighted by molar-refractivity contribution is 5.18. The number of hydrogen-bond donors (Lipinski definition) is 4. The van der Waals surface area contributed by atoms with Crippen molar-refractivity contribution in [1.82, 2.24) is 9.55 Å². The third-order valence-electron chi connectivity index (χ3n) is 4.20. The predicted octanol–water partition coefficient (Wildman–Crippen LogP) is -0.0295. The van der Waals surface area contributed by atoms with Gasteiger partial charge in [0.1, 0.15) is 24.1 Å². The van der Waals surface area contributed by atoms with Gasteiger partial charge < -0.3 is 25.0 Å². The molecule has 0 saturated heterocycles. The Morgan fingerprint density at radius 2 is 1.73 bits per heavy atom. The Balaban J connectivity index is 1.82. The van der Waals surface area contributed by atoms with Gasteiger partial charge in [0.25, 0.3) is 0 Å². The summed E-state index contributed by atoms with van der Waals surface area (Å²) in [6, 6.07) is 9.30. The number of hydrogen-bond acceptors (Lipinski definition) is 5. The monoisotopic (exact) mass is 304 g/mol. The van der Waals surface area contributed by atoms with E-state index in [1.165, 1.54) is 5.56 Å². The summed E-state index contributed by atoms with van der Waals surface area (Å²) in [4.78, 5) is 4.36. The van der Waals surface area contributed by atoms with Crippen molar-refractivity contribution < 1.29 is 20.4 Å². The Morgan fingerprint density at radius 3 is 2.41 bits per heavy atom. The van der Waals surface area contributed by atoms with Gasteiger partial charge in [-0.15, -0.1) is 0 Å². The van der Waals surface area contributed by atoms with Crippen LogP contribution in [0.25, 0.3) is 0 Å². The molecule has 118 valence electrons. The third-order valence-corrected chi connectivity index (χ3v) is 4.20. The molecule has 0 aliphatic carbocycles. The largest absolute Gasteiger partial charge is 0.394 e. The zero-order valence-corrected chi connectivity index (χ0v) is 12.1. The second-order valence-electron chi connectivity index (χ2n) is 5.66. The van der Waals surface area contributed by atoms with Crippen LogP contribution in [0, 0.1) is 0 Å². The Hall–Kier alpha value is -1.73. The molecule has 3 rings (SSSR count). The molecule has 0 radical (unpaired) electrons. The molecule has 0 saturated carbocycles. The van der Waals surface area contributed by atoms with Crippen molar-refractivity contribution in [2.75, 3.05) is 6.61 Å². The van der Waals surface area contributed by atoms with Crippen LogP contribution in [0.2, 0.25) is 0 Å². The molecule has 1 aliphatic rings. The first kappa shape index (κ1) is 15.2. The summed E-state index contributed by atoms with van der Waals surface area (Å²) in [5.74, 6) is 0.292. The summed E-state index contributed by atoms with van der Waals surface area (Å²) in [6.07, 6.45) is -0.582. The van der Waals surface area contributed by atoms with Gasteiger partial charge in [0.05, 0.1) is 18.3 Å². The molecule has 6 nitrogen and oxygen atoms in total. The maximum Gasteiger partial charge on any atom is 0.141 e. The van der Waals surface area contributed by atoms with Gasteiger partial charge in [0.15, 0.2) is 0 Å². The topological polar surface area (TPSA) is 98.7 Å². The third kappa shape index (κ3) is 2.66. The van der Waals surface area contributed by atoms with Gasteiger partial charge in [0, 0.05) is 6.20 Å². The molecule has 1 aliphatic heterocycles. The number of aliphatic hydroxyl groups excluding tert-OH is 4. The Bertz CT molecular complexity index is 628. The highest BCUT2D eigenvalue weighted by atomic mass is 16.4. The van der Waals surface area contributed by atoms with E-state index in [1.807, 2.05) is 30.3 Å². The van der Waals surface area contributed by atoms with Crippen molar-refractivity contribution in [2.45, 2.75) is 37.2 Å². The van der Waals surface area contributed by atoms with E-state index in [1.54, 1.807) is 10.8 Å². The zero-order chi connectivity index (χ0) is 15.7. The first-order chi connectivity index (χ1) is 10.6. The summed E-state index contributed by atoms with van der Waals surface area (Å²) < 4.78 is 1.57. The van der Waals surface area contributed by atoms with Crippen molar-refractivity contribution in [1.29, 1.82) is 0 Å². The van der Waals surface area contributed by atoms with Crippen molar-refractivity contribution in [3.05, 3.63) is 53.6 Å². The van der Waals surface area contributed by atoms with Gasteiger partial charge in [-0.05, 0) is 18.4 Å². The van der Waals surface area contributed by atoms with E-state index >= 15 is 0 Å². The van der Waals surface area contributed by atoms with Gasteiger partial charge in [-0.3, -0.25) is 0 Å². The summed E-state index contributed by atoms with van der Waals surface area (Å²) in [6.45, 7) is -0.327. The van der Waals surface area contributed by atoms with E-state index in [9.17, 15) is 20.4 Å². The van der Waals surface area contributed by atoms with Crippen LogP contribution in [0.15, 0.2) is 36.5 Å². The van der Waals surface area contributed by atoms with E-state index in [2.05, 4.69) is 4.98 Å². The summed E-state index contributed by atoms with van der Waals surface area (Å²) in [5.41, 5.74) is 1.95. The molecule has 6 heteroatoms. The summed E-state index contributed by atoms with van der Waals surface area (Å²) in [7, 11) is 0. The molecular formula is C16H20N2O4. The number of imidazole rings is 1. The number of fused-ring (bicyclic) bond motifs is 1. The van der Waals surface area contributed by atoms with Crippen molar-refractivity contribution >= 4 is 0 Å². The number of aliphatic hydroxyl groups is 4.